The molecule has 0 amide bonds. The quantitative estimate of drug-likeness (QED) is 0.624. The molecule has 0 bridgehead atoms. The van der Waals surface area contributed by atoms with Gasteiger partial charge in [-0.3, -0.25) is 11.3 Å². The standard InChI is InChI=1S/C13H20N2OS/c1-2-16-12-6-4-3-5-11(12)13(15-14)10-7-8-17-9-10/h3-6,10,13,15H,2,7-9,14H2,1H3. The molecule has 0 aliphatic carbocycles. The van der Waals surface area contributed by atoms with E-state index in [0.717, 1.165) is 5.75 Å². The number of hydrogen-bond donors (Lipinski definition) is 2. The zero-order valence-corrected chi connectivity index (χ0v) is 11.0. The van der Waals surface area contributed by atoms with E-state index in [2.05, 4.69) is 11.5 Å². The molecule has 1 aromatic rings. The number of nitrogens with two attached hydrogens (primary N) is 1. The first-order valence-electron chi connectivity index (χ1n) is 6.12. The normalized spacial score (nSPS) is 21.4. The van der Waals surface area contributed by atoms with Crippen molar-refractivity contribution in [3.63, 3.8) is 0 Å². The van der Waals surface area contributed by atoms with Crippen molar-refractivity contribution in [3.8, 4) is 5.75 Å². The van der Waals surface area contributed by atoms with Crippen LogP contribution in [-0.4, -0.2) is 18.1 Å². The molecule has 94 valence electrons. The van der Waals surface area contributed by atoms with Gasteiger partial charge < -0.3 is 4.74 Å². The van der Waals surface area contributed by atoms with Crippen LogP contribution in [0.25, 0.3) is 0 Å². The summed E-state index contributed by atoms with van der Waals surface area (Å²) in [7, 11) is 0. The molecule has 2 rings (SSSR count). The molecular formula is C13H20N2OS. The molecule has 17 heavy (non-hydrogen) atoms. The van der Waals surface area contributed by atoms with Gasteiger partial charge in [0.05, 0.1) is 12.6 Å². The molecule has 1 fully saturated rings. The third-order valence-electron chi connectivity index (χ3n) is 3.17. The fourth-order valence-electron chi connectivity index (χ4n) is 2.32. The Labute approximate surface area is 107 Å². The number of hydrogen-bond acceptors (Lipinski definition) is 4. The van der Waals surface area contributed by atoms with Crippen LogP contribution in [0.5, 0.6) is 5.75 Å². The first kappa shape index (κ1) is 12.7. The molecule has 0 aromatic heterocycles. The Morgan fingerprint density at radius 1 is 1.53 bits per heavy atom. The number of benzene rings is 1. The molecule has 1 aliphatic rings. The smallest absolute Gasteiger partial charge is 0.124 e. The Hall–Kier alpha value is -0.710. The van der Waals surface area contributed by atoms with Crippen molar-refractivity contribution >= 4 is 11.8 Å². The topological polar surface area (TPSA) is 47.3 Å². The summed E-state index contributed by atoms with van der Waals surface area (Å²) < 4.78 is 5.68. The van der Waals surface area contributed by atoms with Gasteiger partial charge in [-0.15, -0.1) is 0 Å². The van der Waals surface area contributed by atoms with E-state index < -0.39 is 0 Å². The minimum atomic E-state index is 0.202. The van der Waals surface area contributed by atoms with Crippen molar-refractivity contribution in [2.45, 2.75) is 19.4 Å². The van der Waals surface area contributed by atoms with Gasteiger partial charge in [0.25, 0.3) is 0 Å². The van der Waals surface area contributed by atoms with Crippen molar-refractivity contribution in [3.05, 3.63) is 29.8 Å². The summed E-state index contributed by atoms with van der Waals surface area (Å²) in [4.78, 5) is 0. The first-order valence-corrected chi connectivity index (χ1v) is 7.28. The predicted molar refractivity (Wildman–Crippen MR) is 73.1 cm³/mol. The maximum absolute atomic E-state index is 5.73. The zero-order valence-electron chi connectivity index (χ0n) is 10.2. The SMILES string of the molecule is CCOc1ccccc1C(NN)C1CCSC1. The van der Waals surface area contributed by atoms with Gasteiger partial charge in [-0.1, -0.05) is 18.2 Å². The summed E-state index contributed by atoms with van der Waals surface area (Å²) in [6, 6.07) is 8.38. The second-order valence-electron chi connectivity index (χ2n) is 4.24. The summed E-state index contributed by atoms with van der Waals surface area (Å²) in [5.41, 5.74) is 4.15. The van der Waals surface area contributed by atoms with Crippen molar-refractivity contribution in [1.82, 2.24) is 5.43 Å². The summed E-state index contributed by atoms with van der Waals surface area (Å²) in [6.45, 7) is 2.70. The van der Waals surface area contributed by atoms with Gasteiger partial charge in [0.2, 0.25) is 0 Å². The summed E-state index contributed by atoms with van der Waals surface area (Å²) >= 11 is 2.00. The van der Waals surface area contributed by atoms with Crippen molar-refractivity contribution in [2.75, 3.05) is 18.1 Å². The fraction of sp³-hybridized carbons (Fsp3) is 0.538. The van der Waals surface area contributed by atoms with Crippen LogP contribution in [0.3, 0.4) is 0 Å². The van der Waals surface area contributed by atoms with Gasteiger partial charge in [-0.05, 0) is 36.8 Å². The van der Waals surface area contributed by atoms with Gasteiger partial charge in [0.15, 0.2) is 0 Å². The van der Waals surface area contributed by atoms with Crippen LogP contribution in [0.2, 0.25) is 0 Å². The highest BCUT2D eigenvalue weighted by molar-refractivity contribution is 7.99. The average molecular weight is 252 g/mol. The molecular weight excluding hydrogens is 232 g/mol. The minimum Gasteiger partial charge on any atom is -0.494 e. The molecule has 3 N–H and O–H groups in total. The summed E-state index contributed by atoms with van der Waals surface area (Å²) in [6.07, 6.45) is 1.22. The highest BCUT2D eigenvalue weighted by atomic mass is 32.2. The molecule has 1 heterocycles. The van der Waals surface area contributed by atoms with Gasteiger partial charge in [0, 0.05) is 5.56 Å². The van der Waals surface area contributed by atoms with E-state index in [1.807, 2.05) is 36.9 Å². The number of para-hydroxylation sites is 1. The van der Waals surface area contributed by atoms with Crippen LogP contribution in [0.4, 0.5) is 0 Å². The zero-order chi connectivity index (χ0) is 12.1. The van der Waals surface area contributed by atoms with E-state index in [9.17, 15) is 0 Å². The van der Waals surface area contributed by atoms with E-state index in [0.29, 0.717) is 12.5 Å². The van der Waals surface area contributed by atoms with E-state index in [1.54, 1.807) is 0 Å². The number of thioether (sulfide) groups is 1. The average Bonchev–Trinajstić information content (AvgIpc) is 2.86. The van der Waals surface area contributed by atoms with Crippen LogP contribution in [0, 0.1) is 5.92 Å². The Bertz CT molecular complexity index is 353. The lowest BCUT2D eigenvalue weighted by molar-refractivity contribution is 0.320. The fourth-order valence-corrected chi connectivity index (χ4v) is 3.62. The first-order chi connectivity index (χ1) is 8.36. The van der Waals surface area contributed by atoms with E-state index in [4.69, 9.17) is 10.6 Å². The highest BCUT2D eigenvalue weighted by Crippen LogP contribution is 2.37. The Balaban J connectivity index is 2.22. The maximum atomic E-state index is 5.73. The van der Waals surface area contributed by atoms with Crippen LogP contribution >= 0.6 is 11.8 Å². The van der Waals surface area contributed by atoms with Crippen LogP contribution in [0.1, 0.15) is 24.9 Å². The maximum Gasteiger partial charge on any atom is 0.124 e. The van der Waals surface area contributed by atoms with Gasteiger partial charge in [-0.25, -0.2) is 0 Å². The Morgan fingerprint density at radius 3 is 3.00 bits per heavy atom. The van der Waals surface area contributed by atoms with Crippen molar-refractivity contribution in [1.29, 1.82) is 0 Å². The highest BCUT2D eigenvalue weighted by Gasteiger charge is 2.27. The number of nitrogens with one attached hydrogen (secondary N) is 1. The minimum absolute atomic E-state index is 0.202. The lowest BCUT2D eigenvalue weighted by Gasteiger charge is -2.24. The second-order valence-corrected chi connectivity index (χ2v) is 5.39. The largest absolute Gasteiger partial charge is 0.494 e. The predicted octanol–water partition coefficient (Wildman–Crippen LogP) is 2.34. The summed E-state index contributed by atoms with van der Waals surface area (Å²) in [5.74, 6) is 9.70. The molecule has 1 aliphatic heterocycles. The number of ether oxygens (including phenoxy) is 1. The lowest BCUT2D eigenvalue weighted by Crippen LogP contribution is -2.34. The molecule has 0 saturated carbocycles. The third-order valence-corrected chi connectivity index (χ3v) is 4.36. The Kier molecular flexibility index (Phi) is 4.71. The van der Waals surface area contributed by atoms with Gasteiger partial charge in [-0.2, -0.15) is 11.8 Å². The Morgan fingerprint density at radius 2 is 2.35 bits per heavy atom. The molecule has 3 nitrogen and oxygen atoms in total. The van der Waals surface area contributed by atoms with Gasteiger partial charge >= 0.3 is 0 Å². The molecule has 1 saturated heterocycles. The molecule has 1 aromatic carbocycles. The molecule has 0 spiro atoms. The van der Waals surface area contributed by atoms with Crippen LogP contribution in [-0.2, 0) is 0 Å². The number of hydrazine groups is 1. The lowest BCUT2D eigenvalue weighted by atomic mass is 9.92. The molecule has 0 radical (unpaired) electrons. The van der Waals surface area contributed by atoms with E-state index >= 15 is 0 Å². The van der Waals surface area contributed by atoms with Crippen LogP contribution in [0.15, 0.2) is 24.3 Å². The van der Waals surface area contributed by atoms with E-state index in [-0.39, 0.29) is 6.04 Å². The van der Waals surface area contributed by atoms with Gasteiger partial charge in [0.1, 0.15) is 5.75 Å². The van der Waals surface area contributed by atoms with Crippen molar-refractivity contribution in [2.24, 2.45) is 11.8 Å². The second kappa shape index (κ2) is 6.28. The van der Waals surface area contributed by atoms with Crippen LogP contribution < -0.4 is 16.0 Å². The molecule has 2 atom stereocenters. The summed E-state index contributed by atoms with van der Waals surface area (Å²) in [5, 5.41) is 0. The number of rotatable bonds is 5. The van der Waals surface area contributed by atoms with Crippen molar-refractivity contribution < 1.29 is 4.74 Å². The van der Waals surface area contributed by atoms with E-state index in [1.165, 1.54) is 23.5 Å². The monoisotopic (exact) mass is 252 g/mol. The molecule has 2 unspecified atom stereocenters. The third kappa shape index (κ3) is 2.94. The molecule has 4 heteroatoms.